The van der Waals surface area contributed by atoms with E-state index in [1.807, 2.05) is 23.8 Å². The summed E-state index contributed by atoms with van der Waals surface area (Å²) in [5.74, 6) is -0.664. The Bertz CT molecular complexity index is 581. The molecule has 0 aliphatic carbocycles. The molecule has 0 atom stereocenters. The van der Waals surface area contributed by atoms with Crippen molar-refractivity contribution in [3.8, 4) is 0 Å². The van der Waals surface area contributed by atoms with Crippen LogP contribution in [0.2, 0.25) is 0 Å². The van der Waals surface area contributed by atoms with Crippen LogP contribution in [0.15, 0.2) is 24.3 Å². The van der Waals surface area contributed by atoms with E-state index in [1.165, 1.54) is 0 Å². The van der Waals surface area contributed by atoms with Crippen LogP contribution in [0.1, 0.15) is 12.0 Å². The maximum absolute atomic E-state index is 11.5. The minimum Gasteiger partial charge on any atom is -0.337 e. The maximum Gasteiger partial charge on any atom is 0.319 e. The number of aryl methyl sites for hydroxylation is 1. The molecule has 0 aromatic heterocycles. The minimum atomic E-state index is -3.55. The smallest absolute Gasteiger partial charge is 0.319 e. The van der Waals surface area contributed by atoms with Crippen molar-refractivity contribution < 1.29 is 18.0 Å². The number of rotatable bonds is 5. The Morgan fingerprint density at radius 3 is 2.30 bits per heavy atom. The van der Waals surface area contributed by atoms with E-state index in [-0.39, 0.29) is 13.0 Å². The van der Waals surface area contributed by atoms with Gasteiger partial charge >= 0.3 is 6.03 Å². The minimum absolute atomic E-state index is 0.0407. The molecular formula is C12H17N3O4S. The van der Waals surface area contributed by atoms with Crippen molar-refractivity contribution in [3.63, 3.8) is 0 Å². The molecule has 8 heteroatoms. The van der Waals surface area contributed by atoms with E-state index in [9.17, 15) is 18.0 Å². The second-order valence-electron chi connectivity index (χ2n) is 4.29. The Labute approximate surface area is 117 Å². The molecule has 0 saturated heterocycles. The van der Waals surface area contributed by atoms with Crippen molar-refractivity contribution in [1.82, 2.24) is 10.0 Å². The fourth-order valence-corrected chi connectivity index (χ4v) is 1.88. The molecule has 0 aliphatic heterocycles. The van der Waals surface area contributed by atoms with Gasteiger partial charge in [-0.3, -0.25) is 9.52 Å². The topological polar surface area (TPSA) is 104 Å². The van der Waals surface area contributed by atoms with E-state index in [4.69, 9.17) is 0 Å². The van der Waals surface area contributed by atoms with Crippen LogP contribution in [-0.4, -0.2) is 33.2 Å². The molecule has 1 aromatic carbocycles. The van der Waals surface area contributed by atoms with Crippen molar-refractivity contribution in [3.05, 3.63) is 29.8 Å². The van der Waals surface area contributed by atoms with Gasteiger partial charge in [-0.25, -0.2) is 13.2 Å². The van der Waals surface area contributed by atoms with Gasteiger partial charge in [-0.05, 0) is 19.1 Å². The van der Waals surface area contributed by atoms with Crippen LogP contribution in [0.3, 0.4) is 0 Å². The lowest BCUT2D eigenvalue weighted by atomic mass is 10.2. The third-order valence-corrected chi connectivity index (χ3v) is 2.84. The highest BCUT2D eigenvalue weighted by molar-refractivity contribution is 7.89. The van der Waals surface area contributed by atoms with Gasteiger partial charge in [-0.2, -0.15) is 0 Å². The molecule has 20 heavy (non-hydrogen) atoms. The highest BCUT2D eigenvalue weighted by Crippen LogP contribution is 2.07. The number of hydrogen-bond acceptors (Lipinski definition) is 4. The SMILES string of the molecule is Cc1ccc(NC(=O)NCCC(=O)NS(C)(=O)=O)cc1. The Morgan fingerprint density at radius 2 is 1.75 bits per heavy atom. The van der Waals surface area contributed by atoms with Gasteiger partial charge in [0.05, 0.1) is 6.26 Å². The van der Waals surface area contributed by atoms with Crippen molar-refractivity contribution in [1.29, 1.82) is 0 Å². The number of nitrogens with one attached hydrogen (secondary N) is 3. The Kier molecular flexibility index (Phi) is 5.51. The molecule has 0 unspecified atom stereocenters. The Balaban J connectivity index is 2.30. The quantitative estimate of drug-likeness (QED) is 0.739. The summed E-state index contributed by atoms with van der Waals surface area (Å²) in [4.78, 5) is 22.7. The zero-order valence-corrected chi connectivity index (χ0v) is 12.1. The van der Waals surface area contributed by atoms with Gasteiger partial charge in [0.25, 0.3) is 0 Å². The first-order valence-electron chi connectivity index (χ1n) is 5.88. The number of sulfonamides is 1. The average molecular weight is 299 g/mol. The molecule has 0 spiro atoms. The fraction of sp³-hybridized carbons (Fsp3) is 0.333. The van der Waals surface area contributed by atoms with Gasteiger partial charge in [-0.1, -0.05) is 17.7 Å². The van der Waals surface area contributed by atoms with E-state index in [0.717, 1.165) is 11.8 Å². The van der Waals surface area contributed by atoms with Crippen LogP contribution in [0.5, 0.6) is 0 Å². The normalized spacial score (nSPS) is 10.7. The van der Waals surface area contributed by atoms with Gasteiger partial charge < -0.3 is 10.6 Å². The zero-order chi connectivity index (χ0) is 15.2. The van der Waals surface area contributed by atoms with Crippen molar-refractivity contribution in [2.24, 2.45) is 0 Å². The lowest BCUT2D eigenvalue weighted by molar-refractivity contribution is -0.119. The van der Waals surface area contributed by atoms with E-state index in [1.54, 1.807) is 12.1 Å². The first-order chi connectivity index (χ1) is 9.26. The number of urea groups is 1. The lowest BCUT2D eigenvalue weighted by Crippen LogP contribution is -2.35. The van der Waals surface area contributed by atoms with Crippen LogP contribution < -0.4 is 15.4 Å². The predicted octanol–water partition coefficient (Wildman–Crippen LogP) is 0.582. The highest BCUT2D eigenvalue weighted by atomic mass is 32.2. The predicted molar refractivity (Wildman–Crippen MR) is 75.8 cm³/mol. The summed E-state index contributed by atoms with van der Waals surface area (Å²) in [6.07, 6.45) is 0.775. The van der Waals surface area contributed by atoms with Crippen LogP contribution in [-0.2, 0) is 14.8 Å². The van der Waals surface area contributed by atoms with E-state index in [0.29, 0.717) is 5.69 Å². The van der Waals surface area contributed by atoms with Gasteiger partial charge in [0.2, 0.25) is 15.9 Å². The van der Waals surface area contributed by atoms with E-state index in [2.05, 4.69) is 10.6 Å². The van der Waals surface area contributed by atoms with Crippen molar-refractivity contribution in [2.75, 3.05) is 18.1 Å². The van der Waals surface area contributed by atoms with Crippen LogP contribution in [0.25, 0.3) is 0 Å². The molecule has 7 nitrogen and oxygen atoms in total. The molecule has 0 heterocycles. The molecule has 3 N–H and O–H groups in total. The number of benzene rings is 1. The van der Waals surface area contributed by atoms with Crippen LogP contribution in [0.4, 0.5) is 10.5 Å². The third-order valence-electron chi connectivity index (χ3n) is 2.25. The third kappa shape index (κ3) is 6.74. The summed E-state index contributed by atoms with van der Waals surface area (Å²) in [6.45, 7) is 1.98. The molecular weight excluding hydrogens is 282 g/mol. The largest absolute Gasteiger partial charge is 0.337 e. The van der Waals surface area contributed by atoms with Crippen LogP contribution in [0, 0.1) is 6.92 Å². The summed E-state index contributed by atoms with van der Waals surface area (Å²) < 4.78 is 23.4. The maximum atomic E-state index is 11.5. The van der Waals surface area contributed by atoms with Gasteiger partial charge in [-0.15, -0.1) is 0 Å². The molecule has 0 fully saturated rings. The molecule has 110 valence electrons. The summed E-state index contributed by atoms with van der Waals surface area (Å²) in [5, 5.41) is 5.05. The van der Waals surface area contributed by atoms with Gasteiger partial charge in [0.15, 0.2) is 0 Å². The number of carbonyl (C=O) groups is 2. The molecule has 1 aromatic rings. The first-order valence-corrected chi connectivity index (χ1v) is 7.77. The monoisotopic (exact) mass is 299 g/mol. The zero-order valence-electron chi connectivity index (χ0n) is 11.3. The second kappa shape index (κ2) is 6.90. The average Bonchev–Trinajstić information content (AvgIpc) is 2.29. The van der Waals surface area contributed by atoms with E-state index < -0.39 is 22.0 Å². The highest BCUT2D eigenvalue weighted by Gasteiger charge is 2.08. The number of amides is 3. The number of carbonyl (C=O) groups excluding carboxylic acids is 2. The summed E-state index contributed by atoms with van der Waals surface area (Å²) in [5.41, 5.74) is 1.71. The number of anilines is 1. The summed E-state index contributed by atoms with van der Waals surface area (Å²) in [7, 11) is -3.55. The molecule has 0 aliphatic rings. The van der Waals surface area contributed by atoms with Gasteiger partial charge in [0, 0.05) is 18.7 Å². The summed E-state index contributed by atoms with van der Waals surface area (Å²) in [6, 6.07) is 6.77. The lowest BCUT2D eigenvalue weighted by Gasteiger charge is -2.07. The van der Waals surface area contributed by atoms with Gasteiger partial charge in [0.1, 0.15) is 0 Å². The molecule has 3 amide bonds. The van der Waals surface area contributed by atoms with Crippen molar-refractivity contribution in [2.45, 2.75) is 13.3 Å². The van der Waals surface area contributed by atoms with Crippen LogP contribution >= 0.6 is 0 Å². The molecule has 0 radical (unpaired) electrons. The molecule has 0 saturated carbocycles. The summed E-state index contributed by atoms with van der Waals surface area (Å²) >= 11 is 0. The van der Waals surface area contributed by atoms with Crippen molar-refractivity contribution >= 4 is 27.6 Å². The standard InChI is InChI=1S/C12H17N3O4S/c1-9-3-5-10(6-4-9)14-12(17)13-8-7-11(16)15-20(2,18)19/h3-6H,7-8H2,1-2H3,(H,15,16)(H2,13,14,17). The Hall–Kier alpha value is -2.09. The molecule has 0 bridgehead atoms. The fourth-order valence-electron chi connectivity index (χ4n) is 1.36. The second-order valence-corrected chi connectivity index (χ2v) is 6.04. The van der Waals surface area contributed by atoms with E-state index >= 15 is 0 Å². The first kappa shape index (κ1) is 16.0. The Morgan fingerprint density at radius 1 is 1.15 bits per heavy atom. The number of hydrogen-bond donors (Lipinski definition) is 3. The molecule has 1 rings (SSSR count).